The van der Waals surface area contributed by atoms with Crippen molar-refractivity contribution in [2.45, 2.75) is 12.5 Å². The Labute approximate surface area is 92.7 Å². The molecule has 0 spiro atoms. The van der Waals surface area contributed by atoms with E-state index in [1.54, 1.807) is 24.3 Å². The van der Waals surface area contributed by atoms with Crippen molar-refractivity contribution in [3.63, 3.8) is 0 Å². The number of nitrogens with one attached hydrogen (secondary N) is 1. The molecule has 0 aliphatic carbocycles. The molecule has 5 heteroatoms. The first kappa shape index (κ1) is 12.2. The van der Waals surface area contributed by atoms with Gasteiger partial charge in [0.25, 0.3) is 0 Å². The standard InChI is InChI=1S/C11H13NO4/c13-7-10(11(15)16)12-6-5-8-1-3-9(14)4-2-8/h1-4,7,10,12,14H,5-6H2,(H,15,16). The maximum Gasteiger partial charge on any atom is 0.328 e. The highest BCUT2D eigenvalue weighted by molar-refractivity contribution is 5.90. The number of phenols is 1. The Hall–Kier alpha value is -1.88. The van der Waals surface area contributed by atoms with E-state index in [0.717, 1.165) is 5.56 Å². The summed E-state index contributed by atoms with van der Waals surface area (Å²) in [6, 6.07) is 5.45. The topological polar surface area (TPSA) is 86.6 Å². The molecular weight excluding hydrogens is 210 g/mol. The lowest BCUT2D eigenvalue weighted by Crippen LogP contribution is -2.39. The molecule has 0 aliphatic heterocycles. The van der Waals surface area contributed by atoms with Gasteiger partial charge in [0, 0.05) is 6.54 Å². The van der Waals surface area contributed by atoms with Crippen LogP contribution in [0.2, 0.25) is 0 Å². The van der Waals surface area contributed by atoms with E-state index in [0.29, 0.717) is 19.3 Å². The molecule has 3 N–H and O–H groups in total. The van der Waals surface area contributed by atoms with E-state index in [9.17, 15) is 9.59 Å². The molecule has 0 aliphatic rings. The highest BCUT2D eigenvalue weighted by atomic mass is 16.4. The lowest BCUT2D eigenvalue weighted by molar-refractivity contribution is -0.140. The summed E-state index contributed by atoms with van der Waals surface area (Å²) in [5.74, 6) is -0.992. The number of carbonyl (C=O) groups excluding carboxylic acids is 1. The van der Waals surface area contributed by atoms with Gasteiger partial charge >= 0.3 is 5.97 Å². The van der Waals surface area contributed by atoms with Crippen LogP contribution in [0.5, 0.6) is 5.75 Å². The van der Waals surface area contributed by atoms with Crippen molar-refractivity contribution in [3.8, 4) is 5.75 Å². The lowest BCUT2D eigenvalue weighted by Gasteiger charge is -2.07. The molecule has 0 radical (unpaired) electrons. The second kappa shape index (κ2) is 5.87. The van der Waals surface area contributed by atoms with Crippen LogP contribution >= 0.6 is 0 Å². The quantitative estimate of drug-likeness (QED) is 0.473. The molecule has 1 aromatic carbocycles. The van der Waals surface area contributed by atoms with Crippen molar-refractivity contribution in [2.75, 3.05) is 6.54 Å². The minimum Gasteiger partial charge on any atom is -0.508 e. The predicted molar refractivity (Wildman–Crippen MR) is 57.3 cm³/mol. The number of carboxylic acid groups (broad SMARTS) is 1. The first-order valence-corrected chi connectivity index (χ1v) is 4.83. The number of aldehydes is 1. The van der Waals surface area contributed by atoms with Crippen LogP contribution in [-0.2, 0) is 16.0 Å². The van der Waals surface area contributed by atoms with Crippen molar-refractivity contribution in [2.24, 2.45) is 0 Å². The van der Waals surface area contributed by atoms with Gasteiger partial charge in [0.2, 0.25) is 0 Å². The summed E-state index contributed by atoms with van der Waals surface area (Å²) in [4.78, 5) is 20.8. The van der Waals surface area contributed by atoms with E-state index >= 15 is 0 Å². The zero-order valence-electron chi connectivity index (χ0n) is 8.59. The molecule has 0 heterocycles. The van der Waals surface area contributed by atoms with Gasteiger partial charge in [-0.2, -0.15) is 0 Å². The van der Waals surface area contributed by atoms with Gasteiger partial charge < -0.3 is 15.0 Å². The molecule has 0 saturated carbocycles. The van der Waals surface area contributed by atoms with Crippen LogP contribution in [0.4, 0.5) is 0 Å². The highest BCUT2D eigenvalue weighted by Crippen LogP contribution is 2.09. The van der Waals surface area contributed by atoms with Crippen LogP contribution in [0.25, 0.3) is 0 Å². The van der Waals surface area contributed by atoms with E-state index in [1.807, 2.05) is 0 Å². The predicted octanol–water partition coefficient (Wildman–Crippen LogP) is 0.176. The fraction of sp³-hybridized carbons (Fsp3) is 0.273. The number of hydrogen-bond donors (Lipinski definition) is 3. The summed E-state index contributed by atoms with van der Waals surface area (Å²) in [6.07, 6.45) is 0.955. The van der Waals surface area contributed by atoms with E-state index in [-0.39, 0.29) is 5.75 Å². The number of carbonyl (C=O) groups is 2. The van der Waals surface area contributed by atoms with Crippen molar-refractivity contribution >= 4 is 12.3 Å². The molecule has 16 heavy (non-hydrogen) atoms. The minimum atomic E-state index is -1.18. The van der Waals surface area contributed by atoms with Gasteiger partial charge in [-0.1, -0.05) is 12.1 Å². The van der Waals surface area contributed by atoms with Crippen molar-refractivity contribution in [1.82, 2.24) is 5.32 Å². The molecular formula is C11H13NO4. The lowest BCUT2D eigenvalue weighted by atomic mass is 10.1. The second-order valence-electron chi connectivity index (χ2n) is 3.32. The van der Waals surface area contributed by atoms with Crippen LogP contribution in [0, 0.1) is 0 Å². The monoisotopic (exact) mass is 223 g/mol. The Balaban J connectivity index is 2.37. The molecule has 0 aromatic heterocycles. The average Bonchev–Trinajstić information content (AvgIpc) is 2.26. The van der Waals surface area contributed by atoms with Gasteiger partial charge in [-0.25, -0.2) is 0 Å². The number of hydrogen-bond acceptors (Lipinski definition) is 4. The van der Waals surface area contributed by atoms with Gasteiger partial charge in [0.1, 0.15) is 12.0 Å². The second-order valence-corrected chi connectivity index (χ2v) is 3.32. The van der Waals surface area contributed by atoms with Crippen LogP contribution in [0.1, 0.15) is 5.56 Å². The maximum absolute atomic E-state index is 10.5. The molecule has 1 aromatic rings. The third-order valence-electron chi connectivity index (χ3n) is 2.12. The summed E-state index contributed by atoms with van der Waals surface area (Å²) in [5, 5.41) is 20.2. The van der Waals surface area contributed by atoms with Gasteiger partial charge in [-0.05, 0) is 24.1 Å². The van der Waals surface area contributed by atoms with Crippen LogP contribution in [-0.4, -0.2) is 35.1 Å². The molecule has 86 valence electrons. The van der Waals surface area contributed by atoms with Crippen molar-refractivity contribution in [3.05, 3.63) is 29.8 Å². The summed E-state index contributed by atoms with van der Waals surface area (Å²) in [7, 11) is 0. The minimum absolute atomic E-state index is 0.188. The van der Waals surface area contributed by atoms with Gasteiger partial charge in [0.15, 0.2) is 6.04 Å². The maximum atomic E-state index is 10.5. The number of rotatable bonds is 6. The number of carboxylic acids is 1. The summed E-state index contributed by atoms with van der Waals surface area (Å²) in [6.45, 7) is 0.389. The Bertz CT molecular complexity index is 361. The van der Waals surface area contributed by atoms with Crippen LogP contribution < -0.4 is 5.32 Å². The fourth-order valence-corrected chi connectivity index (χ4v) is 1.23. The Kier molecular flexibility index (Phi) is 4.47. The molecule has 0 amide bonds. The Morgan fingerprint density at radius 3 is 2.50 bits per heavy atom. The van der Waals surface area contributed by atoms with Gasteiger partial charge in [-0.3, -0.25) is 10.1 Å². The average molecular weight is 223 g/mol. The number of phenolic OH excluding ortho intramolecular Hbond substituents is 1. The highest BCUT2D eigenvalue weighted by Gasteiger charge is 2.14. The van der Waals surface area contributed by atoms with Crippen LogP contribution in [0.3, 0.4) is 0 Å². The zero-order chi connectivity index (χ0) is 12.0. The molecule has 0 fully saturated rings. The van der Waals surface area contributed by atoms with Crippen LogP contribution in [0.15, 0.2) is 24.3 Å². The van der Waals surface area contributed by atoms with Crippen molar-refractivity contribution < 1.29 is 19.8 Å². The van der Waals surface area contributed by atoms with Gasteiger partial charge in [-0.15, -0.1) is 0 Å². The molecule has 0 saturated heterocycles. The van der Waals surface area contributed by atoms with E-state index in [1.165, 1.54) is 0 Å². The first-order valence-electron chi connectivity index (χ1n) is 4.83. The molecule has 1 unspecified atom stereocenters. The molecule has 0 bridgehead atoms. The Morgan fingerprint density at radius 1 is 1.38 bits per heavy atom. The third-order valence-corrected chi connectivity index (χ3v) is 2.12. The molecule has 1 rings (SSSR count). The zero-order valence-corrected chi connectivity index (χ0v) is 8.59. The normalized spacial score (nSPS) is 12.0. The summed E-state index contributed by atoms with van der Waals surface area (Å²) < 4.78 is 0. The van der Waals surface area contributed by atoms with E-state index in [4.69, 9.17) is 10.2 Å². The smallest absolute Gasteiger partial charge is 0.328 e. The summed E-state index contributed by atoms with van der Waals surface area (Å²) in [5.41, 5.74) is 0.959. The van der Waals surface area contributed by atoms with Gasteiger partial charge in [0.05, 0.1) is 0 Å². The number of aliphatic carboxylic acids is 1. The first-order chi connectivity index (χ1) is 7.63. The SMILES string of the molecule is O=CC(NCCc1ccc(O)cc1)C(=O)O. The number of aromatic hydroxyl groups is 1. The van der Waals surface area contributed by atoms with Crippen molar-refractivity contribution in [1.29, 1.82) is 0 Å². The third kappa shape index (κ3) is 3.70. The van der Waals surface area contributed by atoms with E-state index in [2.05, 4.69) is 5.32 Å². The molecule has 1 atom stereocenters. The largest absolute Gasteiger partial charge is 0.508 e. The number of benzene rings is 1. The Morgan fingerprint density at radius 2 is 2.00 bits per heavy atom. The summed E-state index contributed by atoms with van der Waals surface area (Å²) >= 11 is 0. The molecule has 5 nitrogen and oxygen atoms in total. The van der Waals surface area contributed by atoms with E-state index < -0.39 is 12.0 Å². The fourth-order valence-electron chi connectivity index (χ4n) is 1.23.